The van der Waals surface area contributed by atoms with E-state index in [9.17, 15) is 0 Å². The minimum absolute atomic E-state index is 0.572. The molecule has 0 aliphatic heterocycles. The molecule has 0 aromatic heterocycles. The lowest BCUT2D eigenvalue weighted by atomic mass is 10.2. The molecule has 0 saturated carbocycles. The Balaban J connectivity index is 3.34. The van der Waals surface area contributed by atoms with E-state index in [1.165, 1.54) is 10.8 Å². The maximum Gasteiger partial charge on any atom is 0.260 e. The van der Waals surface area contributed by atoms with Crippen LogP contribution in [0.25, 0.3) is 5.20 Å². The maximum absolute atomic E-state index is 6.22. The van der Waals surface area contributed by atoms with Crippen molar-refractivity contribution in [2.45, 2.75) is 33.1 Å². The molecule has 5 heteroatoms. The van der Waals surface area contributed by atoms with E-state index in [4.69, 9.17) is 27.6 Å². The third kappa shape index (κ3) is 5.69. The van der Waals surface area contributed by atoms with Crippen LogP contribution in [0.4, 0.5) is 0 Å². The Bertz CT molecular complexity index is 532. The number of hydrogen-bond acceptors (Lipinski definition) is 1. The van der Waals surface area contributed by atoms with E-state index < -0.39 is 16.4 Å². The zero-order valence-electron chi connectivity index (χ0n) is 13.5. The summed E-state index contributed by atoms with van der Waals surface area (Å²) in [6, 6.07) is 10.3. The number of hydrogen-bond donors (Lipinski definition) is 0. The summed E-state index contributed by atoms with van der Waals surface area (Å²) in [6.45, 7) is 10.7. The van der Waals surface area contributed by atoms with Crippen LogP contribution in [0.1, 0.15) is 12.5 Å². The Labute approximate surface area is 140 Å². The van der Waals surface area contributed by atoms with Crippen LogP contribution >= 0.6 is 23.2 Å². The molecule has 1 aromatic rings. The van der Waals surface area contributed by atoms with Crippen LogP contribution < -0.4 is 0 Å². The standard InChI is InChI=1S/C16H24Cl2OSi2/c1-14(19-21(4,5)13-18)11-16(20(2,3)12-17)15-9-7-6-8-10-15/h6-10H,12-13H2,1-5H3. The summed E-state index contributed by atoms with van der Waals surface area (Å²) in [4.78, 5) is 0. The summed E-state index contributed by atoms with van der Waals surface area (Å²) in [6.07, 6.45) is 0. The van der Waals surface area contributed by atoms with Crippen molar-refractivity contribution in [2.24, 2.45) is 0 Å². The lowest BCUT2D eigenvalue weighted by Gasteiger charge is -2.24. The Morgan fingerprint density at radius 1 is 1.05 bits per heavy atom. The molecule has 0 saturated heterocycles. The molecule has 116 valence electrons. The van der Waals surface area contributed by atoms with Gasteiger partial charge in [0.2, 0.25) is 0 Å². The lowest BCUT2D eigenvalue weighted by Crippen LogP contribution is -2.33. The van der Waals surface area contributed by atoms with Crippen molar-refractivity contribution >= 4 is 44.8 Å². The predicted octanol–water partition coefficient (Wildman–Crippen LogP) is 5.60. The highest BCUT2D eigenvalue weighted by atomic mass is 35.5. The van der Waals surface area contributed by atoms with Gasteiger partial charge in [0.1, 0.15) is 13.8 Å². The minimum atomic E-state index is -1.84. The van der Waals surface area contributed by atoms with Gasteiger partial charge in [0.05, 0.1) is 5.50 Å². The van der Waals surface area contributed by atoms with Gasteiger partial charge in [-0.2, -0.15) is 0 Å². The first-order chi connectivity index (χ1) is 9.72. The second-order valence-electron chi connectivity index (χ2n) is 6.44. The van der Waals surface area contributed by atoms with Crippen molar-refractivity contribution < 1.29 is 4.43 Å². The van der Waals surface area contributed by atoms with Crippen LogP contribution in [-0.2, 0) is 4.43 Å². The second kappa shape index (κ2) is 7.71. The monoisotopic (exact) mass is 358 g/mol. The van der Waals surface area contributed by atoms with Crippen LogP contribution in [0.5, 0.6) is 0 Å². The number of benzene rings is 1. The van der Waals surface area contributed by atoms with E-state index in [1.54, 1.807) is 0 Å². The van der Waals surface area contributed by atoms with Crippen molar-refractivity contribution in [3.63, 3.8) is 0 Å². The summed E-state index contributed by atoms with van der Waals surface area (Å²) in [5, 5.41) is 1.20. The molecule has 0 N–H and O–H groups in total. The van der Waals surface area contributed by atoms with Gasteiger partial charge in [0.25, 0.3) is 8.32 Å². The highest BCUT2D eigenvalue weighted by molar-refractivity contribution is 6.98. The summed E-state index contributed by atoms with van der Waals surface area (Å²) >= 11 is 12.2. The van der Waals surface area contributed by atoms with Crippen molar-refractivity contribution in [2.75, 3.05) is 11.0 Å². The largest absolute Gasteiger partial charge is 0.541 e. The molecule has 0 aliphatic carbocycles. The lowest BCUT2D eigenvalue weighted by molar-refractivity contribution is 0.425. The smallest absolute Gasteiger partial charge is 0.260 e. The fraction of sp³-hybridized carbons (Fsp3) is 0.438. The molecule has 1 aromatic carbocycles. The quantitative estimate of drug-likeness (QED) is 0.278. The zero-order valence-corrected chi connectivity index (χ0v) is 17.0. The van der Waals surface area contributed by atoms with Crippen LogP contribution in [0.2, 0.25) is 26.2 Å². The van der Waals surface area contributed by atoms with Gasteiger partial charge in [0, 0.05) is 5.50 Å². The van der Waals surface area contributed by atoms with Gasteiger partial charge in [-0.25, -0.2) is 0 Å². The highest BCUT2D eigenvalue weighted by Crippen LogP contribution is 2.27. The topological polar surface area (TPSA) is 9.23 Å². The molecule has 0 aliphatic rings. The predicted molar refractivity (Wildman–Crippen MR) is 100 cm³/mol. The molecular formula is C16H24Cl2OSi2. The molecule has 0 radical (unpaired) electrons. The number of halogens is 2. The summed E-state index contributed by atoms with van der Waals surface area (Å²) in [7, 11) is -3.59. The summed E-state index contributed by atoms with van der Waals surface area (Å²) < 4.78 is 6.05. The molecule has 1 nitrogen and oxygen atoms in total. The van der Waals surface area contributed by atoms with Crippen LogP contribution in [-0.4, -0.2) is 27.4 Å². The van der Waals surface area contributed by atoms with Gasteiger partial charge in [-0.1, -0.05) is 49.2 Å². The molecule has 21 heavy (non-hydrogen) atoms. The Hall–Kier alpha value is -0.446. The molecule has 0 bridgehead atoms. The third-order valence-electron chi connectivity index (χ3n) is 3.13. The van der Waals surface area contributed by atoms with Crippen LogP contribution in [0.3, 0.4) is 0 Å². The normalized spacial score (nSPS) is 11.8. The second-order valence-corrected chi connectivity index (χ2v) is 16.6. The molecule has 0 heterocycles. The summed E-state index contributed by atoms with van der Waals surface area (Å²) in [5.74, 6) is 0.817. The molecule has 0 spiro atoms. The van der Waals surface area contributed by atoms with E-state index in [1.807, 2.05) is 25.1 Å². The third-order valence-corrected chi connectivity index (χ3v) is 11.0. The molecule has 0 fully saturated rings. The number of allylic oxidation sites excluding steroid dienone is 1. The van der Waals surface area contributed by atoms with Crippen molar-refractivity contribution in [3.8, 4) is 0 Å². The zero-order chi connectivity index (χ0) is 16.1. The van der Waals surface area contributed by atoms with Crippen molar-refractivity contribution in [1.82, 2.24) is 0 Å². The number of alkyl halides is 2. The van der Waals surface area contributed by atoms with Gasteiger partial charge in [0.15, 0.2) is 0 Å². The van der Waals surface area contributed by atoms with E-state index in [0.717, 1.165) is 5.76 Å². The average Bonchev–Trinajstić information content (AvgIpc) is 2.45. The molecule has 0 amide bonds. The van der Waals surface area contributed by atoms with Gasteiger partial charge in [-0.15, -0.1) is 23.2 Å². The van der Waals surface area contributed by atoms with Crippen molar-refractivity contribution in [1.29, 1.82) is 0 Å². The van der Waals surface area contributed by atoms with Gasteiger partial charge < -0.3 is 4.43 Å². The first-order valence-electron chi connectivity index (χ1n) is 7.06. The maximum atomic E-state index is 6.22. The van der Waals surface area contributed by atoms with E-state index in [2.05, 4.69) is 44.1 Å². The number of rotatable bonds is 6. The fourth-order valence-corrected chi connectivity index (χ4v) is 5.04. The van der Waals surface area contributed by atoms with Crippen molar-refractivity contribution in [3.05, 3.63) is 47.4 Å². The molecule has 1 rings (SSSR count). The van der Waals surface area contributed by atoms with Gasteiger partial charge in [-0.05, 0) is 30.8 Å². The fourth-order valence-electron chi connectivity index (χ4n) is 1.95. The van der Waals surface area contributed by atoms with Crippen LogP contribution in [0.15, 0.2) is 41.8 Å². The van der Waals surface area contributed by atoms with Gasteiger partial charge >= 0.3 is 0 Å². The van der Waals surface area contributed by atoms with E-state index in [-0.39, 0.29) is 0 Å². The molecule has 0 unspecified atom stereocenters. The first-order valence-corrected chi connectivity index (χ1v) is 14.5. The minimum Gasteiger partial charge on any atom is -0.541 e. The van der Waals surface area contributed by atoms with Gasteiger partial charge in [-0.3, -0.25) is 0 Å². The van der Waals surface area contributed by atoms with E-state index in [0.29, 0.717) is 11.0 Å². The summed E-state index contributed by atoms with van der Waals surface area (Å²) in [5.41, 5.74) is 5.90. The molecular weight excluding hydrogens is 335 g/mol. The Morgan fingerprint density at radius 3 is 2.10 bits per heavy atom. The van der Waals surface area contributed by atoms with E-state index >= 15 is 0 Å². The average molecular weight is 359 g/mol. The first kappa shape index (κ1) is 18.6. The molecule has 0 atom stereocenters. The Morgan fingerprint density at radius 2 is 1.62 bits per heavy atom. The Kier molecular flexibility index (Phi) is 6.83. The SMILES string of the molecule is CC(=C=C(c1ccccc1)[Si](C)(C)CCl)O[Si](C)(C)CCl. The van der Waals surface area contributed by atoms with Crippen LogP contribution in [0, 0.1) is 0 Å². The highest BCUT2D eigenvalue weighted by Gasteiger charge is 2.27.